The second kappa shape index (κ2) is 4.55. The molecule has 0 heterocycles. The molecule has 0 N–H and O–H groups in total. The Morgan fingerprint density at radius 1 is 1.25 bits per heavy atom. The molecule has 0 saturated heterocycles. The van der Waals surface area contributed by atoms with Crippen LogP contribution in [-0.4, -0.2) is 13.1 Å². The highest BCUT2D eigenvalue weighted by atomic mass is 19.4. The van der Waals surface area contributed by atoms with Crippen LogP contribution in [0.4, 0.5) is 13.2 Å². The minimum Gasteiger partial charge on any atom is -0.469 e. The summed E-state index contributed by atoms with van der Waals surface area (Å²) < 4.78 is 41.3. The first-order valence-corrected chi connectivity index (χ1v) is 4.61. The van der Waals surface area contributed by atoms with Gasteiger partial charge in [-0.1, -0.05) is 12.1 Å². The van der Waals surface area contributed by atoms with Gasteiger partial charge in [0, 0.05) is 0 Å². The molecule has 1 atom stereocenters. The molecule has 0 aliphatic heterocycles. The Hall–Kier alpha value is -1.52. The van der Waals surface area contributed by atoms with Gasteiger partial charge in [0.25, 0.3) is 0 Å². The molecule has 0 saturated carbocycles. The smallest absolute Gasteiger partial charge is 0.416 e. The summed E-state index contributed by atoms with van der Waals surface area (Å²) in [5, 5.41) is 0. The second-order valence-electron chi connectivity index (χ2n) is 3.36. The van der Waals surface area contributed by atoms with Crippen LogP contribution in [0.15, 0.2) is 24.3 Å². The highest BCUT2D eigenvalue weighted by Gasteiger charge is 2.30. The highest BCUT2D eigenvalue weighted by Crippen LogP contribution is 2.30. The first-order chi connectivity index (χ1) is 7.36. The summed E-state index contributed by atoms with van der Waals surface area (Å²) in [6.45, 7) is 1.58. The number of carbonyl (C=O) groups excluding carboxylic acids is 1. The van der Waals surface area contributed by atoms with Gasteiger partial charge in [0.05, 0.1) is 18.6 Å². The van der Waals surface area contributed by atoms with Crippen molar-refractivity contribution < 1.29 is 22.7 Å². The lowest BCUT2D eigenvalue weighted by molar-refractivity contribution is -0.142. The predicted octanol–water partition coefficient (Wildman–Crippen LogP) is 2.98. The number of hydrogen-bond donors (Lipinski definition) is 0. The van der Waals surface area contributed by atoms with Gasteiger partial charge in [-0.25, -0.2) is 0 Å². The Bertz CT molecular complexity index is 368. The largest absolute Gasteiger partial charge is 0.469 e. The molecule has 5 heteroatoms. The second-order valence-corrected chi connectivity index (χ2v) is 3.36. The maximum atomic E-state index is 12.3. The molecule has 1 unspecified atom stereocenters. The van der Waals surface area contributed by atoms with Crippen LogP contribution in [0.5, 0.6) is 0 Å². The summed E-state index contributed by atoms with van der Waals surface area (Å²) in [5.74, 6) is -1.04. The molecule has 0 amide bonds. The normalized spacial score (nSPS) is 13.3. The summed E-state index contributed by atoms with van der Waals surface area (Å²) in [5.41, 5.74) is -0.229. The fraction of sp³-hybridized carbons (Fsp3) is 0.364. The van der Waals surface area contributed by atoms with Gasteiger partial charge < -0.3 is 4.74 Å². The SMILES string of the molecule is COC(=O)C(C)c1ccc(C(F)(F)F)cc1. The molecule has 0 radical (unpaired) electrons. The zero-order chi connectivity index (χ0) is 12.3. The third-order valence-electron chi connectivity index (χ3n) is 2.29. The summed E-state index contributed by atoms with van der Waals surface area (Å²) in [4.78, 5) is 11.1. The van der Waals surface area contributed by atoms with Crippen molar-refractivity contribution in [3.05, 3.63) is 35.4 Å². The van der Waals surface area contributed by atoms with Gasteiger partial charge >= 0.3 is 12.1 Å². The van der Waals surface area contributed by atoms with Crippen molar-refractivity contribution in [2.75, 3.05) is 7.11 Å². The zero-order valence-electron chi connectivity index (χ0n) is 8.84. The number of hydrogen-bond acceptors (Lipinski definition) is 2. The number of ether oxygens (including phenoxy) is 1. The molecule has 0 aromatic heterocycles. The molecule has 88 valence electrons. The molecular weight excluding hydrogens is 221 g/mol. The quantitative estimate of drug-likeness (QED) is 0.733. The van der Waals surface area contributed by atoms with Crippen LogP contribution in [-0.2, 0) is 15.7 Å². The van der Waals surface area contributed by atoms with Crippen LogP contribution in [0.2, 0.25) is 0 Å². The average Bonchev–Trinajstić information content (AvgIpc) is 2.26. The van der Waals surface area contributed by atoms with E-state index < -0.39 is 23.6 Å². The van der Waals surface area contributed by atoms with E-state index in [2.05, 4.69) is 4.74 Å². The van der Waals surface area contributed by atoms with Crippen molar-refractivity contribution in [2.24, 2.45) is 0 Å². The van der Waals surface area contributed by atoms with Crippen LogP contribution in [0.25, 0.3) is 0 Å². The summed E-state index contributed by atoms with van der Waals surface area (Å²) in [6.07, 6.45) is -4.35. The van der Waals surface area contributed by atoms with Crippen molar-refractivity contribution in [2.45, 2.75) is 19.0 Å². The van der Waals surface area contributed by atoms with Gasteiger partial charge in [-0.2, -0.15) is 13.2 Å². The standard InChI is InChI=1S/C11H11F3O2/c1-7(10(15)16-2)8-3-5-9(6-4-8)11(12,13)14/h3-7H,1-2H3. The van der Waals surface area contributed by atoms with E-state index in [-0.39, 0.29) is 0 Å². The predicted molar refractivity (Wildman–Crippen MR) is 51.9 cm³/mol. The van der Waals surface area contributed by atoms with E-state index in [1.807, 2.05) is 0 Å². The number of halogens is 3. The molecule has 0 fully saturated rings. The molecule has 1 rings (SSSR count). The molecule has 1 aromatic carbocycles. The van der Waals surface area contributed by atoms with Crippen LogP contribution in [0.1, 0.15) is 24.0 Å². The van der Waals surface area contributed by atoms with E-state index >= 15 is 0 Å². The van der Waals surface area contributed by atoms with Crippen LogP contribution in [0.3, 0.4) is 0 Å². The van der Waals surface area contributed by atoms with Crippen LogP contribution < -0.4 is 0 Å². The molecular formula is C11H11F3O2. The monoisotopic (exact) mass is 232 g/mol. The Morgan fingerprint density at radius 3 is 2.12 bits per heavy atom. The lowest BCUT2D eigenvalue weighted by Gasteiger charge is -2.11. The number of carbonyl (C=O) groups is 1. The number of rotatable bonds is 2. The van der Waals surface area contributed by atoms with Crippen molar-refractivity contribution >= 4 is 5.97 Å². The third-order valence-corrected chi connectivity index (χ3v) is 2.29. The lowest BCUT2D eigenvalue weighted by Crippen LogP contribution is -2.11. The summed E-state index contributed by atoms with van der Waals surface area (Å²) >= 11 is 0. The van der Waals surface area contributed by atoms with Crippen molar-refractivity contribution in [1.82, 2.24) is 0 Å². The van der Waals surface area contributed by atoms with E-state index in [1.54, 1.807) is 6.92 Å². The van der Waals surface area contributed by atoms with E-state index in [0.717, 1.165) is 12.1 Å². The Morgan fingerprint density at radius 2 is 1.75 bits per heavy atom. The van der Waals surface area contributed by atoms with Gasteiger partial charge in [-0.05, 0) is 24.6 Å². The third kappa shape index (κ3) is 2.74. The van der Waals surface area contributed by atoms with Gasteiger partial charge in [-0.15, -0.1) is 0 Å². The van der Waals surface area contributed by atoms with E-state index in [9.17, 15) is 18.0 Å². The Kier molecular flexibility index (Phi) is 3.57. The van der Waals surface area contributed by atoms with Crippen molar-refractivity contribution in [1.29, 1.82) is 0 Å². The fourth-order valence-electron chi connectivity index (χ4n) is 1.27. The highest BCUT2D eigenvalue weighted by molar-refractivity contribution is 5.77. The first kappa shape index (κ1) is 12.5. The maximum absolute atomic E-state index is 12.3. The molecule has 16 heavy (non-hydrogen) atoms. The van der Waals surface area contributed by atoms with Gasteiger partial charge in [-0.3, -0.25) is 4.79 Å². The fourth-order valence-corrected chi connectivity index (χ4v) is 1.27. The topological polar surface area (TPSA) is 26.3 Å². The number of benzene rings is 1. The van der Waals surface area contributed by atoms with Crippen LogP contribution in [0, 0.1) is 0 Å². The summed E-state index contributed by atoms with van der Waals surface area (Å²) in [7, 11) is 1.24. The van der Waals surface area contributed by atoms with Gasteiger partial charge in [0.2, 0.25) is 0 Å². The van der Waals surface area contributed by atoms with Crippen molar-refractivity contribution in [3.63, 3.8) is 0 Å². The molecule has 0 aliphatic carbocycles. The number of methoxy groups -OCH3 is 1. The minimum absolute atomic E-state index is 0.472. The van der Waals surface area contributed by atoms with Crippen molar-refractivity contribution in [3.8, 4) is 0 Å². The van der Waals surface area contributed by atoms with Crippen LogP contribution >= 0.6 is 0 Å². The minimum atomic E-state index is -4.35. The molecule has 0 bridgehead atoms. The zero-order valence-corrected chi connectivity index (χ0v) is 8.84. The molecule has 1 aromatic rings. The van der Waals surface area contributed by atoms with Gasteiger partial charge in [0.1, 0.15) is 0 Å². The molecule has 2 nitrogen and oxygen atoms in total. The van der Waals surface area contributed by atoms with E-state index in [1.165, 1.54) is 19.2 Å². The molecule has 0 aliphatic rings. The first-order valence-electron chi connectivity index (χ1n) is 4.61. The number of esters is 1. The average molecular weight is 232 g/mol. The lowest BCUT2D eigenvalue weighted by atomic mass is 10.00. The Labute approximate surface area is 91.0 Å². The maximum Gasteiger partial charge on any atom is 0.416 e. The van der Waals surface area contributed by atoms with E-state index in [4.69, 9.17) is 0 Å². The number of alkyl halides is 3. The molecule has 0 spiro atoms. The summed E-state index contributed by atoms with van der Waals surface area (Å²) in [6, 6.07) is 4.47. The van der Waals surface area contributed by atoms with Gasteiger partial charge in [0.15, 0.2) is 0 Å². The Balaban J connectivity index is 2.91. The van der Waals surface area contributed by atoms with E-state index in [0.29, 0.717) is 5.56 Å².